The normalized spacial score (nSPS) is 15.1. The summed E-state index contributed by atoms with van der Waals surface area (Å²) in [6, 6.07) is 8.01. The Morgan fingerprint density at radius 2 is 2.10 bits per heavy atom. The SMILES string of the molecule is COCCCNC(=S)N1CCN(c2cccc(Cl)c2)CC1. The molecule has 21 heavy (non-hydrogen) atoms. The summed E-state index contributed by atoms with van der Waals surface area (Å²) in [6.07, 6.45) is 0.971. The molecule has 6 heteroatoms. The van der Waals surface area contributed by atoms with Gasteiger partial charge in [0.2, 0.25) is 0 Å². The van der Waals surface area contributed by atoms with Crippen molar-refractivity contribution in [3.05, 3.63) is 29.3 Å². The average Bonchev–Trinajstić information content (AvgIpc) is 2.51. The quantitative estimate of drug-likeness (QED) is 0.662. The van der Waals surface area contributed by atoms with Crippen LogP contribution in [0.4, 0.5) is 5.69 Å². The molecule has 1 fully saturated rings. The minimum absolute atomic E-state index is 0.762. The predicted molar refractivity (Wildman–Crippen MR) is 92.3 cm³/mol. The molecular formula is C15H22ClN3OS. The Balaban J connectivity index is 1.76. The van der Waals surface area contributed by atoms with Crippen molar-refractivity contribution in [2.24, 2.45) is 0 Å². The summed E-state index contributed by atoms with van der Waals surface area (Å²) in [4.78, 5) is 4.57. The van der Waals surface area contributed by atoms with Gasteiger partial charge in [-0.25, -0.2) is 0 Å². The number of thiocarbonyl (C=S) groups is 1. The maximum atomic E-state index is 6.05. The lowest BCUT2D eigenvalue weighted by molar-refractivity contribution is 0.195. The van der Waals surface area contributed by atoms with Crippen molar-refractivity contribution in [3.63, 3.8) is 0 Å². The zero-order chi connectivity index (χ0) is 15.1. The van der Waals surface area contributed by atoms with E-state index in [2.05, 4.69) is 21.2 Å². The molecule has 0 radical (unpaired) electrons. The molecule has 0 bridgehead atoms. The Hall–Kier alpha value is -1.04. The molecule has 1 aliphatic rings. The second kappa shape index (κ2) is 8.41. The first-order chi connectivity index (χ1) is 10.2. The summed E-state index contributed by atoms with van der Waals surface area (Å²) in [5.74, 6) is 0. The molecule has 1 aromatic carbocycles. The van der Waals surface area contributed by atoms with Gasteiger partial charge in [-0.15, -0.1) is 0 Å². The number of nitrogens with zero attached hydrogens (tertiary/aromatic N) is 2. The molecule has 1 saturated heterocycles. The monoisotopic (exact) mass is 327 g/mol. The zero-order valence-electron chi connectivity index (χ0n) is 12.3. The molecule has 1 heterocycles. The lowest BCUT2D eigenvalue weighted by Gasteiger charge is -2.37. The summed E-state index contributed by atoms with van der Waals surface area (Å²) in [5.41, 5.74) is 1.18. The zero-order valence-corrected chi connectivity index (χ0v) is 13.9. The highest BCUT2D eigenvalue weighted by Crippen LogP contribution is 2.20. The van der Waals surface area contributed by atoms with Crippen molar-refractivity contribution in [3.8, 4) is 0 Å². The Kier molecular flexibility index (Phi) is 6.54. The maximum Gasteiger partial charge on any atom is 0.169 e. The van der Waals surface area contributed by atoms with E-state index >= 15 is 0 Å². The van der Waals surface area contributed by atoms with Gasteiger partial charge < -0.3 is 19.9 Å². The molecule has 0 aromatic heterocycles. The summed E-state index contributed by atoms with van der Waals surface area (Å²) in [5, 5.41) is 4.92. The fraction of sp³-hybridized carbons (Fsp3) is 0.533. The summed E-state index contributed by atoms with van der Waals surface area (Å²) < 4.78 is 5.03. The fourth-order valence-electron chi connectivity index (χ4n) is 2.36. The van der Waals surface area contributed by atoms with Crippen LogP contribution in [-0.4, -0.2) is 56.5 Å². The van der Waals surface area contributed by atoms with Crippen molar-refractivity contribution in [2.75, 3.05) is 51.3 Å². The second-order valence-corrected chi connectivity index (χ2v) is 5.86. The topological polar surface area (TPSA) is 27.7 Å². The van der Waals surface area contributed by atoms with Crippen LogP contribution < -0.4 is 10.2 Å². The lowest BCUT2D eigenvalue weighted by Crippen LogP contribution is -2.51. The van der Waals surface area contributed by atoms with Gasteiger partial charge in [0.15, 0.2) is 5.11 Å². The molecule has 0 amide bonds. The minimum atomic E-state index is 0.762. The largest absolute Gasteiger partial charge is 0.385 e. The number of rotatable bonds is 5. The molecule has 2 rings (SSSR count). The van der Waals surface area contributed by atoms with Crippen molar-refractivity contribution in [1.82, 2.24) is 10.2 Å². The highest BCUT2D eigenvalue weighted by Gasteiger charge is 2.18. The molecule has 0 aliphatic carbocycles. The van der Waals surface area contributed by atoms with Gasteiger partial charge in [-0.05, 0) is 36.8 Å². The molecular weight excluding hydrogens is 306 g/mol. The van der Waals surface area contributed by atoms with Crippen LogP contribution in [0.1, 0.15) is 6.42 Å². The van der Waals surface area contributed by atoms with Crippen LogP contribution in [0, 0.1) is 0 Å². The van der Waals surface area contributed by atoms with E-state index in [1.165, 1.54) is 5.69 Å². The van der Waals surface area contributed by atoms with Crippen molar-refractivity contribution < 1.29 is 4.74 Å². The van der Waals surface area contributed by atoms with Crippen LogP contribution in [0.3, 0.4) is 0 Å². The van der Waals surface area contributed by atoms with Crippen LogP contribution in [-0.2, 0) is 4.74 Å². The molecule has 0 saturated carbocycles. The van der Waals surface area contributed by atoms with Gasteiger partial charge in [0.25, 0.3) is 0 Å². The smallest absolute Gasteiger partial charge is 0.169 e. The molecule has 0 unspecified atom stereocenters. The Bertz CT molecular complexity index is 464. The van der Waals surface area contributed by atoms with Crippen LogP contribution in [0.2, 0.25) is 5.02 Å². The number of hydrogen-bond donors (Lipinski definition) is 1. The Labute approximate surface area is 137 Å². The number of halogens is 1. The number of benzene rings is 1. The number of hydrogen-bond acceptors (Lipinski definition) is 3. The van der Waals surface area contributed by atoms with Gasteiger partial charge >= 0.3 is 0 Å². The third-order valence-corrected chi connectivity index (χ3v) is 4.18. The lowest BCUT2D eigenvalue weighted by atomic mass is 10.2. The fourth-order valence-corrected chi connectivity index (χ4v) is 2.83. The van der Waals surface area contributed by atoms with Crippen molar-refractivity contribution in [1.29, 1.82) is 0 Å². The van der Waals surface area contributed by atoms with Gasteiger partial charge in [-0.3, -0.25) is 0 Å². The summed E-state index contributed by atoms with van der Waals surface area (Å²) in [6.45, 7) is 5.41. The van der Waals surface area contributed by atoms with E-state index < -0.39 is 0 Å². The Morgan fingerprint density at radius 3 is 2.76 bits per heavy atom. The average molecular weight is 328 g/mol. The highest BCUT2D eigenvalue weighted by atomic mass is 35.5. The third-order valence-electron chi connectivity index (χ3n) is 3.54. The number of methoxy groups -OCH3 is 1. The molecule has 116 valence electrons. The molecule has 0 spiro atoms. The first kappa shape index (κ1) is 16.3. The third kappa shape index (κ3) is 5.02. The maximum absolute atomic E-state index is 6.05. The Morgan fingerprint density at radius 1 is 1.33 bits per heavy atom. The number of ether oxygens (including phenoxy) is 1. The first-order valence-electron chi connectivity index (χ1n) is 7.23. The van der Waals surface area contributed by atoms with Gasteiger partial charge in [-0.2, -0.15) is 0 Å². The standard InChI is InChI=1S/C15H22ClN3OS/c1-20-11-3-6-17-15(21)19-9-7-18(8-10-19)14-5-2-4-13(16)12-14/h2,4-5,12H,3,6-11H2,1H3,(H,17,21). The first-order valence-corrected chi connectivity index (χ1v) is 8.01. The number of piperazine rings is 1. The van der Waals surface area contributed by atoms with Crippen LogP contribution in [0.25, 0.3) is 0 Å². The van der Waals surface area contributed by atoms with Crippen LogP contribution in [0.5, 0.6) is 0 Å². The summed E-state index contributed by atoms with van der Waals surface area (Å²) >= 11 is 11.5. The van der Waals surface area contributed by atoms with E-state index in [4.69, 9.17) is 28.6 Å². The van der Waals surface area contributed by atoms with Gasteiger partial charge in [0, 0.05) is 57.2 Å². The minimum Gasteiger partial charge on any atom is -0.385 e. The number of nitrogens with one attached hydrogen (secondary N) is 1. The second-order valence-electron chi connectivity index (χ2n) is 5.03. The highest BCUT2D eigenvalue weighted by molar-refractivity contribution is 7.80. The van der Waals surface area contributed by atoms with Crippen LogP contribution in [0.15, 0.2) is 24.3 Å². The van der Waals surface area contributed by atoms with E-state index in [0.717, 1.165) is 55.9 Å². The number of anilines is 1. The summed E-state index contributed by atoms with van der Waals surface area (Å²) in [7, 11) is 1.72. The van der Waals surface area contributed by atoms with E-state index in [0.29, 0.717) is 0 Å². The van der Waals surface area contributed by atoms with Gasteiger partial charge in [-0.1, -0.05) is 17.7 Å². The van der Waals surface area contributed by atoms with Crippen molar-refractivity contribution in [2.45, 2.75) is 6.42 Å². The molecule has 0 atom stereocenters. The molecule has 4 nitrogen and oxygen atoms in total. The van der Waals surface area contributed by atoms with Crippen LogP contribution >= 0.6 is 23.8 Å². The van der Waals surface area contributed by atoms with E-state index in [1.807, 2.05) is 18.2 Å². The molecule has 1 N–H and O–H groups in total. The predicted octanol–water partition coefficient (Wildman–Crippen LogP) is 2.37. The van der Waals surface area contributed by atoms with Gasteiger partial charge in [0.1, 0.15) is 0 Å². The van der Waals surface area contributed by atoms with Gasteiger partial charge in [0.05, 0.1) is 0 Å². The van der Waals surface area contributed by atoms with Crippen molar-refractivity contribution >= 4 is 34.6 Å². The van der Waals surface area contributed by atoms with E-state index in [-0.39, 0.29) is 0 Å². The molecule has 1 aliphatic heterocycles. The van der Waals surface area contributed by atoms with E-state index in [9.17, 15) is 0 Å². The van der Waals surface area contributed by atoms with E-state index in [1.54, 1.807) is 7.11 Å². The molecule has 1 aromatic rings.